The van der Waals surface area contributed by atoms with Gasteiger partial charge < -0.3 is 10.6 Å². The zero-order valence-electron chi connectivity index (χ0n) is 12.0. The zero-order chi connectivity index (χ0) is 14.1. The first-order valence-corrected chi connectivity index (χ1v) is 7.96. The molecule has 0 aliphatic carbocycles. The van der Waals surface area contributed by atoms with E-state index in [9.17, 15) is 0 Å². The van der Waals surface area contributed by atoms with Crippen LogP contribution in [0.3, 0.4) is 0 Å². The van der Waals surface area contributed by atoms with Gasteiger partial charge in [0, 0.05) is 29.4 Å². The van der Waals surface area contributed by atoms with Crippen molar-refractivity contribution in [3.63, 3.8) is 0 Å². The highest BCUT2D eigenvalue weighted by atomic mass is 32.2. The van der Waals surface area contributed by atoms with E-state index in [1.807, 2.05) is 17.8 Å². The molecule has 0 unspecified atom stereocenters. The van der Waals surface area contributed by atoms with Crippen molar-refractivity contribution < 1.29 is 0 Å². The number of aryl methyl sites for hydroxylation is 2. The van der Waals surface area contributed by atoms with Crippen LogP contribution in [0.4, 0.5) is 11.4 Å². The summed E-state index contributed by atoms with van der Waals surface area (Å²) < 4.78 is 0. The molecule has 2 aromatic carbocycles. The summed E-state index contributed by atoms with van der Waals surface area (Å²) in [4.78, 5) is 3.80. The van der Waals surface area contributed by atoms with E-state index in [-0.39, 0.29) is 0 Å². The first-order chi connectivity index (χ1) is 9.65. The maximum absolute atomic E-state index is 5.96. The summed E-state index contributed by atoms with van der Waals surface area (Å²) in [5, 5.41) is 0. The number of fused-ring (bicyclic) bond motifs is 1. The molecule has 0 amide bonds. The number of nitrogens with two attached hydrogens (primary N) is 1. The zero-order valence-corrected chi connectivity index (χ0v) is 12.8. The highest BCUT2D eigenvalue weighted by Gasteiger charge is 2.18. The quantitative estimate of drug-likeness (QED) is 0.845. The molecule has 1 aliphatic heterocycles. The van der Waals surface area contributed by atoms with Gasteiger partial charge in [-0.3, -0.25) is 0 Å². The minimum absolute atomic E-state index is 0.845. The van der Waals surface area contributed by atoms with Gasteiger partial charge in [-0.1, -0.05) is 18.2 Å². The summed E-state index contributed by atoms with van der Waals surface area (Å²) in [5.41, 5.74) is 12.3. The largest absolute Gasteiger partial charge is 0.399 e. The number of nitrogens with zero attached hydrogens (tertiary/aromatic N) is 1. The van der Waals surface area contributed by atoms with Gasteiger partial charge in [-0.15, -0.1) is 11.8 Å². The van der Waals surface area contributed by atoms with Crippen molar-refractivity contribution in [3.8, 4) is 0 Å². The van der Waals surface area contributed by atoms with Gasteiger partial charge in [0.15, 0.2) is 0 Å². The van der Waals surface area contributed by atoms with Crippen LogP contribution in [0.1, 0.15) is 16.7 Å². The third kappa shape index (κ3) is 2.50. The van der Waals surface area contributed by atoms with Gasteiger partial charge in [-0.2, -0.15) is 0 Å². The second kappa shape index (κ2) is 5.41. The molecule has 0 saturated heterocycles. The average molecular weight is 284 g/mol. The number of thioether (sulfide) groups is 1. The molecular formula is C17H20N2S. The summed E-state index contributed by atoms with van der Waals surface area (Å²) in [6, 6.07) is 12.8. The van der Waals surface area contributed by atoms with Crippen LogP contribution >= 0.6 is 11.8 Å². The molecule has 3 rings (SSSR count). The van der Waals surface area contributed by atoms with Crippen LogP contribution in [-0.4, -0.2) is 12.3 Å². The Bertz CT molecular complexity index is 617. The number of nitrogen functional groups attached to an aromatic ring is 1. The molecule has 0 spiro atoms. The van der Waals surface area contributed by atoms with Crippen molar-refractivity contribution >= 4 is 23.1 Å². The van der Waals surface area contributed by atoms with Gasteiger partial charge in [0.2, 0.25) is 0 Å². The van der Waals surface area contributed by atoms with Gasteiger partial charge in [0.05, 0.1) is 5.69 Å². The Kier molecular flexibility index (Phi) is 3.62. The number of hydrogen-bond donors (Lipinski definition) is 1. The minimum Gasteiger partial charge on any atom is -0.399 e. The maximum atomic E-state index is 5.96. The molecule has 2 aromatic rings. The van der Waals surface area contributed by atoms with E-state index >= 15 is 0 Å². The van der Waals surface area contributed by atoms with Crippen LogP contribution in [0.25, 0.3) is 0 Å². The summed E-state index contributed by atoms with van der Waals surface area (Å²) in [6.45, 7) is 6.44. The van der Waals surface area contributed by atoms with Gasteiger partial charge in [0.1, 0.15) is 0 Å². The Labute approximate surface area is 125 Å². The van der Waals surface area contributed by atoms with Gasteiger partial charge >= 0.3 is 0 Å². The van der Waals surface area contributed by atoms with Gasteiger partial charge in [-0.05, 0) is 48.7 Å². The van der Waals surface area contributed by atoms with Crippen molar-refractivity contribution in [3.05, 3.63) is 53.1 Å². The van der Waals surface area contributed by atoms with E-state index in [0.717, 1.165) is 24.5 Å². The summed E-state index contributed by atoms with van der Waals surface area (Å²) in [7, 11) is 0. The SMILES string of the molecule is Cc1cccc(C)c1CN1CCSc2ccc(N)cc21. The van der Waals surface area contributed by atoms with Crippen LogP contribution in [0.2, 0.25) is 0 Å². The Balaban J connectivity index is 1.95. The summed E-state index contributed by atoms with van der Waals surface area (Å²) in [5.74, 6) is 1.14. The Morgan fingerprint density at radius 2 is 1.90 bits per heavy atom. The first kappa shape index (κ1) is 13.4. The molecule has 0 saturated carbocycles. The number of hydrogen-bond acceptors (Lipinski definition) is 3. The fraction of sp³-hybridized carbons (Fsp3) is 0.294. The van der Waals surface area contributed by atoms with Crippen molar-refractivity contribution in [1.29, 1.82) is 0 Å². The highest BCUT2D eigenvalue weighted by Crippen LogP contribution is 2.37. The van der Waals surface area contributed by atoms with Crippen molar-refractivity contribution in [2.24, 2.45) is 0 Å². The Morgan fingerprint density at radius 1 is 1.15 bits per heavy atom. The van der Waals surface area contributed by atoms with Crippen LogP contribution < -0.4 is 10.6 Å². The van der Waals surface area contributed by atoms with E-state index in [0.29, 0.717) is 0 Å². The summed E-state index contributed by atoms with van der Waals surface area (Å²) >= 11 is 1.92. The molecular weight excluding hydrogens is 264 g/mol. The third-order valence-corrected chi connectivity index (χ3v) is 4.98. The lowest BCUT2D eigenvalue weighted by Gasteiger charge is -2.32. The molecule has 2 N–H and O–H groups in total. The van der Waals surface area contributed by atoms with Crippen molar-refractivity contribution in [1.82, 2.24) is 0 Å². The predicted octanol–water partition coefficient (Wildman–Crippen LogP) is 4.00. The molecule has 0 bridgehead atoms. The molecule has 0 aromatic heterocycles. The number of anilines is 2. The van der Waals surface area contributed by atoms with E-state index < -0.39 is 0 Å². The molecule has 0 radical (unpaired) electrons. The molecule has 0 fully saturated rings. The standard InChI is InChI=1S/C17H20N2S/c1-12-4-3-5-13(2)15(12)11-19-8-9-20-17-7-6-14(18)10-16(17)19/h3-7,10H,8-9,11,18H2,1-2H3. The first-order valence-electron chi connectivity index (χ1n) is 6.97. The van der Waals surface area contributed by atoms with Crippen LogP contribution in [-0.2, 0) is 6.54 Å². The molecule has 1 aliphatic rings. The lowest BCUT2D eigenvalue weighted by Crippen LogP contribution is -2.29. The highest BCUT2D eigenvalue weighted by molar-refractivity contribution is 7.99. The smallest absolute Gasteiger partial charge is 0.0528 e. The molecule has 3 heteroatoms. The average Bonchev–Trinajstić information content (AvgIpc) is 2.43. The van der Waals surface area contributed by atoms with Crippen LogP contribution in [0, 0.1) is 13.8 Å². The van der Waals surface area contributed by atoms with Crippen molar-refractivity contribution in [2.45, 2.75) is 25.3 Å². The molecule has 1 heterocycles. The van der Waals surface area contributed by atoms with Gasteiger partial charge in [0.25, 0.3) is 0 Å². The molecule has 2 nitrogen and oxygen atoms in total. The van der Waals surface area contributed by atoms with E-state index in [1.54, 1.807) is 0 Å². The Hall–Kier alpha value is -1.61. The minimum atomic E-state index is 0.845. The normalized spacial score (nSPS) is 14.2. The third-order valence-electron chi connectivity index (χ3n) is 3.94. The van der Waals surface area contributed by atoms with Gasteiger partial charge in [-0.25, -0.2) is 0 Å². The second-order valence-corrected chi connectivity index (χ2v) is 6.50. The Morgan fingerprint density at radius 3 is 2.65 bits per heavy atom. The van der Waals surface area contributed by atoms with Crippen molar-refractivity contribution in [2.75, 3.05) is 22.9 Å². The predicted molar refractivity (Wildman–Crippen MR) is 88.5 cm³/mol. The van der Waals surface area contributed by atoms with Crippen LogP contribution in [0.15, 0.2) is 41.3 Å². The summed E-state index contributed by atoms with van der Waals surface area (Å²) in [6.07, 6.45) is 0. The second-order valence-electron chi connectivity index (χ2n) is 5.37. The van der Waals surface area contributed by atoms with E-state index in [2.05, 4.69) is 49.1 Å². The van der Waals surface area contributed by atoms with E-state index in [4.69, 9.17) is 5.73 Å². The lowest BCUT2D eigenvalue weighted by molar-refractivity contribution is 0.809. The molecule has 20 heavy (non-hydrogen) atoms. The fourth-order valence-corrected chi connectivity index (χ4v) is 3.78. The topological polar surface area (TPSA) is 29.3 Å². The molecule has 104 valence electrons. The van der Waals surface area contributed by atoms with E-state index in [1.165, 1.54) is 27.3 Å². The molecule has 0 atom stereocenters. The monoisotopic (exact) mass is 284 g/mol. The lowest BCUT2D eigenvalue weighted by atomic mass is 10.0. The number of benzene rings is 2. The number of rotatable bonds is 2. The van der Waals surface area contributed by atoms with Crippen LogP contribution in [0.5, 0.6) is 0 Å². The maximum Gasteiger partial charge on any atom is 0.0528 e. The fourth-order valence-electron chi connectivity index (χ4n) is 2.74.